The van der Waals surface area contributed by atoms with Crippen LogP contribution in [0.4, 0.5) is 0 Å². The van der Waals surface area contributed by atoms with Crippen molar-refractivity contribution in [1.82, 2.24) is 15.0 Å². The lowest BCUT2D eigenvalue weighted by atomic mass is 9.86. The second-order valence-electron chi connectivity index (χ2n) is 8.87. The van der Waals surface area contributed by atoms with Crippen molar-refractivity contribution < 1.29 is 18.8 Å². The van der Waals surface area contributed by atoms with Crippen molar-refractivity contribution in [1.29, 1.82) is 0 Å². The molecule has 3 heterocycles. The number of hydrogen-bond donors (Lipinski definition) is 0. The molecular formula is C22H35N3O4. The molecule has 1 aromatic rings. The Kier molecular flexibility index (Phi) is 7.55. The molecule has 0 spiro atoms. The van der Waals surface area contributed by atoms with Gasteiger partial charge in [0.15, 0.2) is 5.82 Å². The number of amides is 1. The maximum Gasteiger partial charge on any atom is 0.229 e. The average molecular weight is 406 g/mol. The molecule has 7 nitrogen and oxygen atoms in total. The van der Waals surface area contributed by atoms with Crippen LogP contribution in [0.25, 0.3) is 0 Å². The summed E-state index contributed by atoms with van der Waals surface area (Å²) in [5.74, 6) is 2.70. The van der Waals surface area contributed by atoms with E-state index >= 15 is 0 Å². The van der Waals surface area contributed by atoms with Crippen LogP contribution in [-0.2, 0) is 20.7 Å². The fraction of sp³-hybridized carbons (Fsp3) is 0.864. The molecule has 1 aliphatic carbocycles. The highest BCUT2D eigenvalue weighted by Crippen LogP contribution is 2.28. The Morgan fingerprint density at radius 3 is 2.72 bits per heavy atom. The summed E-state index contributed by atoms with van der Waals surface area (Å²) in [4.78, 5) is 19.3. The van der Waals surface area contributed by atoms with E-state index in [-0.39, 0.29) is 6.10 Å². The van der Waals surface area contributed by atoms with E-state index in [1.54, 1.807) is 0 Å². The number of carbonyl (C=O) groups excluding carboxylic acids is 1. The third-order valence-corrected chi connectivity index (χ3v) is 6.65. The molecular weight excluding hydrogens is 370 g/mol. The van der Waals surface area contributed by atoms with Gasteiger partial charge in [0.05, 0.1) is 12.7 Å². The molecule has 162 valence electrons. The molecule has 2 saturated heterocycles. The first-order valence-electron chi connectivity index (χ1n) is 11.6. The molecule has 7 heteroatoms. The van der Waals surface area contributed by atoms with Gasteiger partial charge < -0.3 is 18.9 Å². The highest BCUT2D eigenvalue weighted by atomic mass is 16.5. The van der Waals surface area contributed by atoms with Crippen molar-refractivity contribution in [3.63, 3.8) is 0 Å². The van der Waals surface area contributed by atoms with E-state index in [1.165, 1.54) is 32.1 Å². The SMILES string of the molecule is O=C(CC1CCCCC1)N1CCCC(OCCc2noc(C3CCOCC3)n2)C1. The molecule has 2 aliphatic heterocycles. The molecule has 1 atom stereocenters. The summed E-state index contributed by atoms with van der Waals surface area (Å²) in [5.41, 5.74) is 0. The van der Waals surface area contributed by atoms with Gasteiger partial charge in [-0.25, -0.2) is 0 Å². The molecule has 0 radical (unpaired) electrons. The summed E-state index contributed by atoms with van der Waals surface area (Å²) in [7, 11) is 0. The van der Waals surface area contributed by atoms with Crippen LogP contribution < -0.4 is 0 Å². The molecule has 0 aromatic carbocycles. The highest BCUT2D eigenvalue weighted by Gasteiger charge is 2.27. The predicted octanol–water partition coefficient (Wildman–Crippen LogP) is 3.48. The molecule has 1 saturated carbocycles. The van der Waals surface area contributed by atoms with E-state index in [1.807, 2.05) is 4.90 Å². The average Bonchev–Trinajstić information content (AvgIpc) is 3.24. The van der Waals surface area contributed by atoms with Crippen LogP contribution in [0.5, 0.6) is 0 Å². The molecule has 3 fully saturated rings. The van der Waals surface area contributed by atoms with Crippen LogP contribution in [0.1, 0.15) is 81.8 Å². The van der Waals surface area contributed by atoms with Crippen LogP contribution >= 0.6 is 0 Å². The van der Waals surface area contributed by atoms with Gasteiger partial charge in [-0.1, -0.05) is 24.4 Å². The Morgan fingerprint density at radius 1 is 1.07 bits per heavy atom. The number of piperidine rings is 1. The standard InChI is InChI=1S/C22H35N3O4/c26-21(15-17-5-2-1-3-6-17)25-11-4-7-19(16-25)28-14-10-20-23-22(29-24-20)18-8-12-27-13-9-18/h17-19H,1-16H2. The minimum absolute atomic E-state index is 0.126. The van der Waals surface area contributed by atoms with Gasteiger partial charge in [0.2, 0.25) is 11.8 Å². The molecule has 1 aromatic heterocycles. The molecule has 0 N–H and O–H groups in total. The molecule has 3 aliphatic rings. The van der Waals surface area contributed by atoms with Gasteiger partial charge in [-0.05, 0) is 44.4 Å². The summed E-state index contributed by atoms with van der Waals surface area (Å²) >= 11 is 0. The minimum atomic E-state index is 0.126. The summed E-state index contributed by atoms with van der Waals surface area (Å²) in [5, 5.41) is 4.11. The third kappa shape index (κ3) is 6.01. The summed E-state index contributed by atoms with van der Waals surface area (Å²) in [6.07, 6.45) is 11.8. The number of nitrogens with zero attached hydrogens (tertiary/aromatic N) is 3. The van der Waals surface area contributed by atoms with Crippen LogP contribution in [-0.4, -0.2) is 60.0 Å². The van der Waals surface area contributed by atoms with E-state index in [0.29, 0.717) is 36.6 Å². The zero-order chi connectivity index (χ0) is 19.9. The van der Waals surface area contributed by atoms with E-state index in [2.05, 4.69) is 10.1 Å². The zero-order valence-electron chi connectivity index (χ0n) is 17.5. The van der Waals surface area contributed by atoms with Gasteiger partial charge in [-0.15, -0.1) is 0 Å². The highest BCUT2D eigenvalue weighted by molar-refractivity contribution is 5.76. The van der Waals surface area contributed by atoms with E-state index in [0.717, 1.165) is 64.3 Å². The quantitative estimate of drug-likeness (QED) is 0.691. The van der Waals surface area contributed by atoms with Crippen LogP contribution in [0, 0.1) is 5.92 Å². The molecule has 4 rings (SSSR count). The largest absolute Gasteiger partial charge is 0.381 e. The summed E-state index contributed by atoms with van der Waals surface area (Å²) in [6, 6.07) is 0. The van der Waals surface area contributed by atoms with Crippen LogP contribution in [0.15, 0.2) is 4.52 Å². The van der Waals surface area contributed by atoms with Crippen molar-refractivity contribution in [2.24, 2.45) is 5.92 Å². The van der Waals surface area contributed by atoms with Gasteiger partial charge in [0, 0.05) is 45.1 Å². The van der Waals surface area contributed by atoms with Crippen molar-refractivity contribution in [2.75, 3.05) is 32.9 Å². The van der Waals surface area contributed by atoms with E-state index < -0.39 is 0 Å². The van der Waals surface area contributed by atoms with Crippen molar-refractivity contribution >= 4 is 5.91 Å². The molecule has 0 bridgehead atoms. The predicted molar refractivity (Wildman–Crippen MR) is 108 cm³/mol. The number of carbonyl (C=O) groups is 1. The smallest absolute Gasteiger partial charge is 0.229 e. The van der Waals surface area contributed by atoms with Crippen molar-refractivity contribution in [3.8, 4) is 0 Å². The Morgan fingerprint density at radius 2 is 1.90 bits per heavy atom. The lowest BCUT2D eigenvalue weighted by Crippen LogP contribution is -2.44. The van der Waals surface area contributed by atoms with Gasteiger partial charge in [-0.3, -0.25) is 4.79 Å². The maximum absolute atomic E-state index is 12.7. The number of aromatic nitrogens is 2. The Labute approximate surface area is 173 Å². The summed E-state index contributed by atoms with van der Waals surface area (Å²) < 4.78 is 16.9. The Hall–Kier alpha value is -1.47. The van der Waals surface area contributed by atoms with Crippen molar-refractivity contribution in [2.45, 2.75) is 82.7 Å². The molecule has 1 unspecified atom stereocenters. The minimum Gasteiger partial charge on any atom is -0.381 e. The first-order valence-corrected chi connectivity index (χ1v) is 11.6. The van der Waals surface area contributed by atoms with Gasteiger partial charge in [0.1, 0.15) is 0 Å². The normalized spacial score (nSPS) is 24.7. The van der Waals surface area contributed by atoms with E-state index in [9.17, 15) is 4.79 Å². The fourth-order valence-corrected chi connectivity index (χ4v) is 4.86. The molecule has 1 amide bonds. The lowest BCUT2D eigenvalue weighted by molar-refractivity contribution is -0.136. The second kappa shape index (κ2) is 10.5. The topological polar surface area (TPSA) is 77.7 Å². The third-order valence-electron chi connectivity index (χ3n) is 6.65. The monoisotopic (exact) mass is 405 g/mol. The van der Waals surface area contributed by atoms with Gasteiger partial charge in [0.25, 0.3) is 0 Å². The van der Waals surface area contributed by atoms with Crippen LogP contribution in [0.2, 0.25) is 0 Å². The van der Waals surface area contributed by atoms with Crippen molar-refractivity contribution in [3.05, 3.63) is 11.7 Å². The van der Waals surface area contributed by atoms with E-state index in [4.69, 9.17) is 14.0 Å². The second-order valence-corrected chi connectivity index (χ2v) is 8.87. The number of likely N-dealkylation sites (tertiary alicyclic amines) is 1. The fourth-order valence-electron chi connectivity index (χ4n) is 4.86. The van der Waals surface area contributed by atoms with Crippen LogP contribution in [0.3, 0.4) is 0 Å². The Bertz CT molecular complexity index is 638. The number of hydrogen-bond acceptors (Lipinski definition) is 6. The van der Waals surface area contributed by atoms with Gasteiger partial charge >= 0.3 is 0 Å². The number of rotatable bonds is 7. The zero-order valence-corrected chi connectivity index (χ0v) is 17.5. The lowest BCUT2D eigenvalue weighted by Gasteiger charge is -2.34. The first kappa shape index (κ1) is 20.8. The maximum atomic E-state index is 12.7. The van der Waals surface area contributed by atoms with Gasteiger partial charge in [-0.2, -0.15) is 4.98 Å². The summed E-state index contributed by atoms with van der Waals surface area (Å²) in [6.45, 7) is 3.71. The Balaban J connectivity index is 1.18. The first-order chi connectivity index (χ1) is 14.3. The number of ether oxygens (including phenoxy) is 2. The molecule has 29 heavy (non-hydrogen) atoms.